The van der Waals surface area contributed by atoms with Crippen LogP contribution in [0.25, 0.3) is 0 Å². The first-order valence-corrected chi connectivity index (χ1v) is 11.1. The standard InChI is InChI=1S/C36H18/c1-3-29-15-5-7-21-33(29)25-27-35-23-13-11-19-31(35)17-9-10-18-32-20-12-14-24-36(32)28-26-34-22-8-6-16-30(34)4-2/h1-2,5-8,11-16,19-24H. The maximum atomic E-state index is 5.58. The summed E-state index contributed by atoms with van der Waals surface area (Å²) in [4.78, 5) is 0. The summed E-state index contributed by atoms with van der Waals surface area (Å²) >= 11 is 0. The Bertz CT molecular complexity index is 1640. The molecule has 0 aliphatic carbocycles. The van der Waals surface area contributed by atoms with E-state index in [4.69, 9.17) is 12.8 Å². The molecule has 4 aromatic carbocycles. The third kappa shape index (κ3) is 5.97. The summed E-state index contributed by atoms with van der Waals surface area (Å²) in [6.07, 6.45) is 11.2. The first-order chi connectivity index (χ1) is 17.8. The molecule has 0 heterocycles. The highest BCUT2D eigenvalue weighted by molar-refractivity contribution is 5.59. The van der Waals surface area contributed by atoms with Crippen LogP contribution in [0.2, 0.25) is 0 Å². The van der Waals surface area contributed by atoms with E-state index in [0.29, 0.717) is 0 Å². The molecule has 0 spiro atoms. The van der Waals surface area contributed by atoms with E-state index in [9.17, 15) is 0 Å². The van der Waals surface area contributed by atoms with Gasteiger partial charge < -0.3 is 0 Å². The Morgan fingerprint density at radius 2 is 0.528 bits per heavy atom. The summed E-state index contributed by atoms with van der Waals surface area (Å²) in [5.41, 5.74) is 6.39. The minimum absolute atomic E-state index is 0.768. The van der Waals surface area contributed by atoms with Crippen molar-refractivity contribution in [2.45, 2.75) is 0 Å². The van der Waals surface area contributed by atoms with Crippen molar-refractivity contribution in [3.05, 3.63) is 142 Å². The van der Waals surface area contributed by atoms with Gasteiger partial charge in [-0.05, 0) is 60.4 Å². The van der Waals surface area contributed by atoms with Crippen molar-refractivity contribution < 1.29 is 0 Å². The lowest BCUT2D eigenvalue weighted by atomic mass is 10.1. The van der Waals surface area contributed by atoms with Crippen molar-refractivity contribution >= 4 is 0 Å². The summed E-state index contributed by atoms with van der Waals surface area (Å²) in [5.74, 6) is 30.1. The lowest BCUT2D eigenvalue weighted by Gasteiger charge is -1.97. The van der Waals surface area contributed by atoms with Gasteiger partial charge in [0.05, 0.1) is 0 Å². The molecule has 4 rings (SSSR count). The van der Waals surface area contributed by atoms with Gasteiger partial charge in [-0.3, -0.25) is 0 Å². The van der Waals surface area contributed by atoms with Crippen LogP contribution < -0.4 is 0 Å². The second-order valence-corrected chi connectivity index (χ2v) is 7.47. The minimum atomic E-state index is 0.768. The van der Waals surface area contributed by atoms with Crippen LogP contribution in [0.1, 0.15) is 44.5 Å². The second-order valence-electron chi connectivity index (χ2n) is 7.47. The molecule has 0 aromatic heterocycles. The molecule has 0 amide bonds. The van der Waals surface area contributed by atoms with Crippen LogP contribution in [0.4, 0.5) is 0 Å². The van der Waals surface area contributed by atoms with Crippen LogP contribution in [-0.2, 0) is 0 Å². The van der Waals surface area contributed by atoms with Gasteiger partial charge in [0.1, 0.15) is 0 Å². The zero-order valence-electron chi connectivity index (χ0n) is 19.4. The van der Waals surface area contributed by atoms with Gasteiger partial charge in [-0.15, -0.1) is 12.8 Å². The Morgan fingerprint density at radius 3 is 0.806 bits per heavy atom. The highest BCUT2D eigenvalue weighted by Gasteiger charge is 1.98. The molecule has 0 saturated heterocycles. The summed E-state index contributed by atoms with van der Waals surface area (Å²) in [5, 5.41) is 0. The Hall–Kier alpha value is -5.76. The average Bonchev–Trinajstić information content (AvgIpc) is 2.94. The van der Waals surface area contributed by atoms with Crippen molar-refractivity contribution in [3.63, 3.8) is 0 Å². The van der Waals surface area contributed by atoms with Crippen molar-refractivity contribution in [3.8, 4) is 72.1 Å². The average molecular weight is 451 g/mol. The number of benzene rings is 4. The van der Waals surface area contributed by atoms with Gasteiger partial charge in [-0.1, -0.05) is 95.9 Å². The first kappa shape index (κ1) is 23.4. The largest absolute Gasteiger partial charge is 0.115 e. The fourth-order valence-corrected chi connectivity index (χ4v) is 3.30. The van der Waals surface area contributed by atoms with Gasteiger partial charge in [-0.25, -0.2) is 0 Å². The van der Waals surface area contributed by atoms with Gasteiger partial charge in [0.2, 0.25) is 0 Å². The van der Waals surface area contributed by atoms with Crippen molar-refractivity contribution in [2.24, 2.45) is 0 Å². The monoisotopic (exact) mass is 450 g/mol. The van der Waals surface area contributed by atoms with Crippen LogP contribution in [0.3, 0.4) is 0 Å². The van der Waals surface area contributed by atoms with E-state index in [-0.39, 0.29) is 0 Å². The topological polar surface area (TPSA) is 0 Å². The maximum absolute atomic E-state index is 5.58. The molecule has 0 radical (unpaired) electrons. The molecule has 4 aromatic rings. The molecule has 0 nitrogen and oxygen atoms in total. The number of hydrogen-bond acceptors (Lipinski definition) is 0. The zero-order valence-corrected chi connectivity index (χ0v) is 19.4. The Labute approximate surface area is 213 Å². The van der Waals surface area contributed by atoms with E-state index in [1.807, 2.05) is 97.1 Å². The third-order valence-corrected chi connectivity index (χ3v) is 5.14. The molecule has 0 N–H and O–H groups in total. The molecule has 0 atom stereocenters. The first-order valence-electron chi connectivity index (χ1n) is 11.1. The zero-order chi connectivity index (χ0) is 25.0. The van der Waals surface area contributed by atoms with Gasteiger partial charge >= 0.3 is 0 Å². The van der Waals surface area contributed by atoms with E-state index in [1.54, 1.807) is 0 Å². The minimum Gasteiger partial charge on any atom is -0.115 e. The van der Waals surface area contributed by atoms with Crippen molar-refractivity contribution in [1.29, 1.82) is 0 Å². The molecule has 36 heavy (non-hydrogen) atoms. The van der Waals surface area contributed by atoms with Gasteiger partial charge in [0.25, 0.3) is 0 Å². The molecule has 0 aliphatic heterocycles. The summed E-state index contributed by atoms with van der Waals surface area (Å²) in [6.45, 7) is 0. The van der Waals surface area contributed by atoms with E-state index < -0.39 is 0 Å². The normalized spacial score (nSPS) is 8.72. The molecular formula is C36H18. The van der Waals surface area contributed by atoms with E-state index in [0.717, 1.165) is 44.5 Å². The van der Waals surface area contributed by atoms with Crippen molar-refractivity contribution in [2.75, 3.05) is 0 Å². The summed E-state index contributed by atoms with van der Waals surface area (Å²) in [6, 6.07) is 30.6. The fraction of sp³-hybridized carbons (Fsp3) is 0. The van der Waals surface area contributed by atoms with Crippen LogP contribution in [0, 0.1) is 72.1 Å². The highest BCUT2D eigenvalue weighted by atomic mass is 14.0. The molecular weight excluding hydrogens is 432 g/mol. The molecule has 0 unspecified atom stereocenters. The van der Waals surface area contributed by atoms with Crippen LogP contribution >= 0.6 is 0 Å². The third-order valence-electron chi connectivity index (χ3n) is 5.14. The summed E-state index contributed by atoms with van der Waals surface area (Å²) < 4.78 is 0. The van der Waals surface area contributed by atoms with Crippen molar-refractivity contribution in [1.82, 2.24) is 0 Å². The Balaban J connectivity index is 1.60. The SMILES string of the molecule is C#Cc1ccccc1C#Cc1ccccc1C#CC#Cc1ccccc1C#Cc1ccccc1C#C. The summed E-state index contributed by atoms with van der Waals surface area (Å²) in [7, 11) is 0. The maximum Gasteiger partial charge on any atom is 0.0412 e. The Morgan fingerprint density at radius 1 is 0.306 bits per heavy atom. The lowest BCUT2D eigenvalue weighted by Crippen LogP contribution is -1.85. The van der Waals surface area contributed by atoms with Crippen LogP contribution in [-0.4, -0.2) is 0 Å². The molecule has 162 valence electrons. The number of rotatable bonds is 0. The molecule has 0 saturated carbocycles. The molecule has 0 bridgehead atoms. The fourth-order valence-electron chi connectivity index (χ4n) is 3.30. The van der Waals surface area contributed by atoms with E-state index in [2.05, 4.69) is 59.2 Å². The van der Waals surface area contributed by atoms with Gasteiger partial charge in [-0.2, -0.15) is 0 Å². The van der Waals surface area contributed by atoms with Crippen LogP contribution in [0.5, 0.6) is 0 Å². The smallest absolute Gasteiger partial charge is 0.0412 e. The quantitative estimate of drug-likeness (QED) is 0.295. The molecule has 0 aliphatic rings. The van der Waals surface area contributed by atoms with Crippen LogP contribution in [0.15, 0.2) is 97.1 Å². The van der Waals surface area contributed by atoms with E-state index in [1.165, 1.54) is 0 Å². The lowest BCUT2D eigenvalue weighted by molar-refractivity contribution is 1.56. The Kier molecular flexibility index (Phi) is 7.74. The molecule has 0 fully saturated rings. The second kappa shape index (κ2) is 11.9. The molecule has 0 heteroatoms. The predicted molar refractivity (Wildman–Crippen MR) is 147 cm³/mol. The van der Waals surface area contributed by atoms with E-state index >= 15 is 0 Å². The number of hydrogen-bond donors (Lipinski definition) is 0. The van der Waals surface area contributed by atoms with Gasteiger partial charge in [0, 0.05) is 44.5 Å². The number of terminal acetylenes is 2. The predicted octanol–water partition coefficient (Wildman–Crippen LogP) is 5.85. The van der Waals surface area contributed by atoms with Gasteiger partial charge in [0.15, 0.2) is 0 Å². The highest BCUT2D eigenvalue weighted by Crippen LogP contribution is 2.10.